The number of benzene rings is 1. The summed E-state index contributed by atoms with van der Waals surface area (Å²) >= 11 is 5.03. The summed E-state index contributed by atoms with van der Waals surface area (Å²) in [5, 5.41) is 5.43. The van der Waals surface area contributed by atoms with Crippen LogP contribution in [0.1, 0.15) is 30.5 Å². The smallest absolute Gasteiger partial charge is 0.162 e. The number of hydrogen-bond acceptors (Lipinski definition) is 2. The summed E-state index contributed by atoms with van der Waals surface area (Å²) in [7, 11) is 0. The minimum absolute atomic E-state index is 0.00574. The molecule has 0 saturated carbocycles. The largest absolute Gasteiger partial charge is 0.310 e. The van der Waals surface area contributed by atoms with Crippen molar-refractivity contribution >= 4 is 27.3 Å². The number of hydrogen-bond donors (Lipinski definition) is 1. The van der Waals surface area contributed by atoms with E-state index in [0.29, 0.717) is 12.0 Å². The maximum atomic E-state index is 13.8. The molecule has 0 amide bonds. The summed E-state index contributed by atoms with van der Waals surface area (Å²) < 4.78 is 28.1. The van der Waals surface area contributed by atoms with Crippen LogP contribution in [0.3, 0.4) is 0 Å². The van der Waals surface area contributed by atoms with Crippen molar-refractivity contribution in [2.24, 2.45) is 0 Å². The van der Waals surface area contributed by atoms with Gasteiger partial charge in [-0.15, -0.1) is 11.3 Å². The van der Waals surface area contributed by atoms with Crippen LogP contribution in [0, 0.1) is 11.6 Å². The number of halogens is 3. The zero-order valence-electron chi connectivity index (χ0n) is 11.1. The van der Waals surface area contributed by atoms with Crippen molar-refractivity contribution < 1.29 is 8.78 Å². The van der Waals surface area contributed by atoms with E-state index in [1.54, 1.807) is 23.5 Å². The number of thiophene rings is 1. The summed E-state index contributed by atoms with van der Waals surface area (Å²) in [6.45, 7) is 2.92. The molecule has 0 aliphatic carbocycles. The predicted octanol–water partition coefficient (Wildman–Crippen LogP) is 5.07. The molecule has 1 atom stereocenters. The Hall–Kier alpha value is -0.780. The van der Waals surface area contributed by atoms with E-state index in [1.807, 2.05) is 11.4 Å². The molecule has 0 aliphatic heterocycles. The van der Waals surface area contributed by atoms with Gasteiger partial charge in [0.05, 0.1) is 3.79 Å². The Morgan fingerprint density at radius 1 is 1.35 bits per heavy atom. The van der Waals surface area contributed by atoms with E-state index in [4.69, 9.17) is 0 Å². The molecular weight excluding hydrogens is 344 g/mol. The Morgan fingerprint density at radius 3 is 2.80 bits per heavy atom. The van der Waals surface area contributed by atoms with E-state index in [0.717, 1.165) is 28.4 Å². The molecule has 0 saturated heterocycles. The van der Waals surface area contributed by atoms with E-state index in [-0.39, 0.29) is 6.04 Å². The fraction of sp³-hybridized carbons (Fsp3) is 0.333. The summed E-state index contributed by atoms with van der Waals surface area (Å²) in [5.41, 5.74) is 1.50. The van der Waals surface area contributed by atoms with Crippen LogP contribution in [-0.2, 0) is 6.42 Å². The van der Waals surface area contributed by atoms with Crippen LogP contribution < -0.4 is 5.32 Å². The minimum Gasteiger partial charge on any atom is -0.310 e. The lowest BCUT2D eigenvalue weighted by atomic mass is 10.0. The van der Waals surface area contributed by atoms with E-state index in [2.05, 4.69) is 28.2 Å². The average Bonchev–Trinajstić information content (AvgIpc) is 2.86. The maximum absolute atomic E-state index is 13.8. The lowest BCUT2D eigenvalue weighted by Crippen LogP contribution is -2.24. The zero-order chi connectivity index (χ0) is 14.5. The molecule has 2 rings (SSSR count). The maximum Gasteiger partial charge on any atom is 0.162 e. The molecule has 20 heavy (non-hydrogen) atoms. The van der Waals surface area contributed by atoms with E-state index < -0.39 is 11.6 Å². The second-order valence-corrected chi connectivity index (χ2v) is 6.90. The second kappa shape index (κ2) is 7.29. The van der Waals surface area contributed by atoms with Crippen molar-refractivity contribution in [1.82, 2.24) is 5.32 Å². The quantitative estimate of drug-likeness (QED) is 0.758. The summed E-state index contributed by atoms with van der Waals surface area (Å²) in [6, 6.07) is 6.35. The van der Waals surface area contributed by atoms with Gasteiger partial charge < -0.3 is 5.32 Å². The van der Waals surface area contributed by atoms with Gasteiger partial charge >= 0.3 is 0 Å². The van der Waals surface area contributed by atoms with Crippen molar-refractivity contribution in [3.63, 3.8) is 0 Å². The standard InChI is InChI=1S/C15H16BrF2NS/c1-2-6-19-13(11-8-14(16)20-9-11)7-10-4-3-5-12(17)15(10)18/h3-5,8-9,13,19H,2,6-7H2,1H3. The van der Waals surface area contributed by atoms with E-state index >= 15 is 0 Å². The molecule has 1 N–H and O–H groups in total. The van der Waals surface area contributed by atoms with Crippen LogP contribution in [0.2, 0.25) is 0 Å². The molecule has 1 aromatic carbocycles. The van der Waals surface area contributed by atoms with Gasteiger partial charge in [0.2, 0.25) is 0 Å². The minimum atomic E-state index is -0.789. The summed E-state index contributed by atoms with van der Waals surface area (Å²) in [5.74, 6) is -1.53. The van der Waals surface area contributed by atoms with Crippen molar-refractivity contribution in [2.75, 3.05) is 6.54 Å². The molecule has 5 heteroatoms. The van der Waals surface area contributed by atoms with Crippen molar-refractivity contribution in [2.45, 2.75) is 25.8 Å². The first kappa shape index (κ1) is 15.6. The van der Waals surface area contributed by atoms with Gasteiger partial charge in [0, 0.05) is 6.04 Å². The highest BCUT2D eigenvalue weighted by Gasteiger charge is 2.17. The average molecular weight is 360 g/mol. The SMILES string of the molecule is CCCNC(Cc1cccc(F)c1F)c1csc(Br)c1. The Kier molecular flexibility index (Phi) is 5.69. The van der Waals surface area contributed by atoms with Gasteiger partial charge in [0.25, 0.3) is 0 Å². The molecule has 0 spiro atoms. The van der Waals surface area contributed by atoms with Crippen LogP contribution in [0.5, 0.6) is 0 Å². The van der Waals surface area contributed by atoms with Gasteiger partial charge in [-0.3, -0.25) is 0 Å². The van der Waals surface area contributed by atoms with Crippen LogP contribution in [0.4, 0.5) is 8.78 Å². The van der Waals surface area contributed by atoms with Crippen LogP contribution in [0.15, 0.2) is 33.4 Å². The van der Waals surface area contributed by atoms with Crippen molar-refractivity contribution in [3.05, 3.63) is 56.2 Å². The van der Waals surface area contributed by atoms with Gasteiger partial charge in [-0.1, -0.05) is 19.1 Å². The van der Waals surface area contributed by atoms with E-state index in [9.17, 15) is 8.78 Å². The third-order valence-corrected chi connectivity index (χ3v) is 4.61. The van der Waals surface area contributed by atoms with Gasteiger partial charge in [-0.05, 0) is 64.0 Å². The highest BCUT2D eigenvalue weighted by molar-refractivity contribution is 9.11. The monoisotopic (exact) mass is 359 g/mol. The van der Waals surface area contributed by atoms with Crippen LogP contribution >= 0.6 is 27.3 Å². The summed E-state index contributed by atoms with van der Waals surface area (Å²) in [4.78, 5) is 0. The second-order valence-electron chi connectivity index (χ2n) is 4.61. The van der Waals surface area contributed by atoms with Crippen molar-refractivity contribution in [1.29, 1.82) is 0 Å². The third-order valence-electron chi connectivity index (χ3n) is 3.09. The van der Waals surface area contributed by atoms with Gasteiger partial charge in [0.1, 0.15) is 0 Å². The molecule has 1 aromatic heterocycles. The molecule has 1 heterocycles. The topological polar surface area (TPSA) is 12.0 Å². The summed E-state index contributed by atoms with van der Waals surface area (Å²) in [6.07, 6.45) is 1.43. The van der Waals surface area contributed by atoms with Gasteiger partial charge in [-0.25, -0.2) is 8.78 Å². The molecule has 0 aliphatic rings. The fourth-order valence-corrected chi connectivity index (χ4v) is 3.29. The molecule has 1 unspecified atom stereocenters. The Labute approximate surface area is 130 Å². The first-order chi connectivity index (χ1) is 9.61. The lowest BCUT2D eigenvalue weighted by molar-refractivity contribution is 0.477. The highest BCUT2D eigenvalue weighted by atomic mass is 79.9. The van der Waals surface area contributed by atoms with Crippen LogP contribution in [0.25, 0.3) is 0 Å². The zero-order valence-corrected chi connectivity index (χ0v) is 13.5. The molecule has 0 bridgehead atoms. The Bertz CT molecular complexity index is 571. The van der Waals surface area contributed by atoms with Crippen LogP contribution in [-0.4, -0.2) is 6.54 Å². The molecule has 0 radical (unpaired) electrons. The fourth-order valence-electron chi connectivity index (χ4n) is 2.06. The highest BCUT2D eigenvalue weighted by Crippen LogP contribution is 2.28. The van der Waals surface area contributed by atoms with Crippen molar-refractivity contribution in [3.8, 4) is 0 Å². The number of nitrogens with one attached hydrogen (secondary N) is 1. The lowest BCUT2D eigenvalue weighted by Gasteiger charge is -2.18. The first-order valence-corrected chi connectivity index (χ1v) is 8.19. The Morgan fingerprint density at radius 2 is 2.15 bits per heavy atom. The molecule has 108 valence electrons. The Balaban J connectivity index is 2.21. The molecule has 1 nitrogen and oxygen atoms in total. The van der Waals surface area contributed by atoms with Gasteiger partial charge in [0.15, 0.2) is 11.6 Å². The van der Waals surface area contributed by atoms with Gasteiger partial charge in [-0.2, -0.15) is 0 Å². The molecular formula is C15H16BrF2NS. The number of rotatable bonds is 6. The third kappa shape index (κ3) is 3.87. The molecule has 0 fully saturated rings. The predicted molar refractivity (Wildman–Crippen MR) is 83.1 cm³/mol. The first-order valence-electron chi connectivity index (χ1n) is 6.52. The normalized spacial score (nSPS) is 12.6. The van der Waals surface area contributed by atoms with E-state index in [1.165, 1.54) is 0 Å². The molecule has 2 aromatic rings.